The van der Waals surface area contributed by atoms with E-state index in [1.165, 1.54) is 4.90 Å². The van der Waals surface area contributed by atoms with Crippen molar-refractivity contribution >= 4 is 24.9 Å². The normalized spacial score (nSPS) is 6.57. The van der Waals surface area contributed by atoms with Crippen molar-refractivity contribution in [2.75, 3.05) is 14.1 Å². The summed E-state index contributed by atoms with van der Waals surface area (Å²) < 4.78 is 0. The SMILES string of the molecule is CN(C)C(N)=O.[LiH]. The Morgan fingerprint density at radius 3 is 1.71 bits per heavy atom. The van der Waals surface area contributed by atoms with Crippen LogP contribution in [0.4, 0.5) is 4.79 Å². The molecule has 0 unspecified atom stereocenters. The first kappa shape index (κ1) is 9.98. The molecule has 0 fully saturated rings. The molecule has 0 aromatic carbocycles. The molecule has 38 valence electrons. The van der Waals surface area contributed by atoms with Gasteiger partial charge in [0.25, 0.3) is 0 Å². The van der Waals surface area contributed by atoms with Gasteiger partial charge in [0.15, 0.2) is 0 Å². The van der Waals surface area contributed by atoms with E-state index >= 15 is 0 Å². The Bertz CT molecular complexity index is 64.0. The molecular weight excluding hydrogens is 87.0 g/mol. The Morgan fingerprint density at radius 2 is 1.71 bits per heavy atom. The molecule has 0 heterocycles. The van der Waals surface area contributed by atoms with E-state index in [0.717, 1.165) is 0 Å². The number of rotatable bonds is 0. The fraction of sp³-hybridized carbons (Fsp3) is 0.667. The van der Waals surface area contributed by atoms with Gasteiger partial charge in [-0.05, 0) is 0 Å². The Kier molecular flexibility index (Phi) is 5.76. The minimum atomic E-state index is -0.407. The fourth-order valence-corrected chi connectivity index (χ4v) is 0. The van der Waals surface area contributed by atoms with E-state index in [1.807, 2.05) is 0 Å². The number of carbonyl (C=O) groups is 1. The zero-order valence-corrected chi connectivity index (χ0v) is 3.93. The predicted octanol–water partition coefficient (Wildman–Crippen LogP) is -1.02. The first-order valence-electron chi connectivity index (χ1n) is 1.61. The van der Waals surface area contributed by atoms with E-state index in [4.69, 9.17) is 5.73 Å². The van der Waals surface area contributed by atoms with Gasteiger partial charge < -0.3 is 10.6 Å². The molecule has 0 aliphatic heterocycles. The number of hydrogen-bond acceptors (Lipinski definition) is 1. The average Bonchev–Trinajstić information content (AvgIpc) is 1.36. The summed E-state index contributed by atoms with van der Waals surface area (Å²) in [6.45, 7) is 0. The summed E-state index contributed by atoms with van der Waals surface area (Å²) in [4.78, 5) is 11.2. The van der Waals surface area contributed by atoms with Crippen LogP contribution in [0, 0.1) is 0 Å². The third kappa shape index (κ3) is 5.87. The van der Waals surface area contributed by atoms with Crippen LogP contribution in [0.5, 0.6) is 0 Å². The molecule has 0 saturated carbocycles. The first-order valence-corrected chi connectivity index (χ1v) is 1.61. The van der Waals surface area contributed by atoms with E-state index < -0.39 is 6.03 Å². The van der Waals surface area contributed by atoms with Crippen molar-refractivity contribution in [1.82, 2.24) is 4.90 Å². The van der Waals surface area contributed by atoms with E-state index in [-0.39, 0.29) is 18.9 Å². The standard InChI is InChI=1S/C3H8N2O.Li.H/c1-5(2)3(4)6;;/h1-2H3,(H2,4,6);;. The van der Waals surface area contributed by atoms with Crippen LogP contribution < -0.4 is 5.73 Å². The third-order valence-electron chi connectivity index (χ3n) is 0.441. The molecule has 0 atom stereocenters. The Hall–Kier alpha value is -0.133. The maximum atomic E-state index is 9.85. The molecule has 3 nitrogen and oxygen atoms in total. The van der Waals surface area contributed by atoms with Crippen molar-refractivity contribution in [2.24, 2.45) is 5.73 Å². The van der Waals surface area contributed by atoms with Crippen molar-refractivity contribution in [1.29, 1.82) is 0 Å². The van der Waals surface area contributed by atoms with Crippen molar-refractivity contribution in [3.8, 4) is 0 Å². The molecule has 0 radical (unpaired) electrons. The second-order valence-corrected chi connectivity index (χ2v) is 1.23. The molecule has 0 aromatic heterocycles. The van der Waals surface area contributed by atoms with Gasteiger partial charge in [0.2, 0.25) is 0 Å². The summed E-state index contributed by atoms with van der Waals surface area (Å²) in [6, 6.07) is -0.407. The van der Waals surface area contributed by atoms with Gasteiger partial charge in [-0.2, -0.15) is 0 Å². The van der Waals surface area contributed by atoms with Gasteiger partial charge in [-0.15, -0.1) is 0 Å². The molecule has 0 saturated heterocycles. The van der Waals surface area contributed by atoms with Crippen LogP contribution in [0.2, 0.25) is 0 Å². The average molecular weight is 96.1 g/mol. The number of carbonyl (C=O) groups excluding carboxylic acids is 1. The number of nitrogens with two attached hydrogens (primary N) is 1. The van der Waals surface area contributed by atoms with Crippen LogP contribution in [0.15, 0.2) is 0 Å². The summed E-state index contributed by atoms with van der Waals surface area (Å²) >= 11 is 0. The van der Waals surface area contributed by atoms with E-state index in [2.05, 4.69) is 0 Å². The summed E-state index contributed by atoms with van der Waals surface area (Å²) in [6.07, 6.45) is 0. The molecule has 2 amide bonds. The van der Waals surface area contributed by atoms with E-state index in [1.54, 1.807) is 14.1 Å². The zero-order valence-electron chi connectivity index (χ0n) is 3.93. The van der Waals surface area contributed by atoms with Crippen LogP contribution in [-0.4, -0.2) is 43.9 Å². The van der Waals surface area contributed by atoms with Crippen LogP contribution in [0.25, 0.3) is 0 Å². The number of nitrogens with zero attached hydrogens (tertiary/aromatic N) is 1. The van der Waals surface area contributed by atoms with Gasteiger partial charge in [-0.3, -0.25) is 0 Å². The van der Waals surface area contributed by atoms with Gasteiger partial charge in [0.1, 0.15) is 0 Å². The van der Waals surface area contributed by atoms with Crippen molar-refractivity contribution in [3.63, 3.8) is 0 Å². The fourth-order valence-electron chi connectivity index (χ4n) is 0. The Balaban J connectivity index is 0. The van der Waals surface area contributed by atoms with Gasteiger partial charge in [-0.25, -0.2) is 4.79 Å². The second-order valence-electron chi connectivity index (χ2n) is 1.23. The molecule has 7 heavy (non-hydrogen) atoms. The van der Waals surface area contributed by atoms with Gasteiger partial charge in [-0.1, -0.05) is 0 Å². The molecule has 0 aliphatic carbocycles. The molecule has 4 heteroatoms. The predicted molar refractivity (Wildman–Crippen MR) is 30.4 cm³/mol. The topological polar surface area (TPSA) is 46.3 Å². The summed E-state index contributed by atoms with van der Waals surface area (Å²) in [5, 5.41) is 0. The molecule has 0 aromatic rings. The van der Waals surface area contributed by atoms with E-state index in [9.17, 15) is 4.79 Å². The summed E-state index contributed by atoms with van der Waals surface area (Å²) in [7, 11) is 3.20. The van der Waals surface area contributed by atoms with Crippen molar-refractivity contribution in [2.45, 2.75) is 0 Å². The van der Waals surface area contributed by atoms with Crippen molar-refractivity contribution < 1.29 is 4.79 Å². The molecular formula is C3H9LiN2O. The first-order chi connectivity index (χ1) is 2.64. The van der Waals surface area contributed by atoms with Crippen molar-refractivity contribution in [3.05, 3.63) is 0 Å². The van der Waals surface area contributed by atoms with Gasteiger partial charge in [0, 0.05) is 14.1 Å². The number of primary amides is 1. The zero-order chi connectivity index (χ0) is 5.15. The maximum absolute atomic E-state index is 9.85. The molecule has 0 bridgehead atoms. The Morgan fingerprint density at radius 1 is 1.57 bits per heavy atom. The number of amides is 2. The summed E-state index contributed by atoms with van der Waals surface area (Å²) in [5.74, 6) is 0. The van der Waals surface area contributed by atoms with Gasteiger partial charge >= 0.3 is 24.9 Å². The molecule has 0 spiro atoms. The molecule has 2 N–H and O–H groups in total. The number of hydrogen-bond donors (Lipinski definition) is 1. The van der Waals surface area contributed by atoms with Crippen LogP contribution >= 0.6 is 0 Å². The minimum absolute atomic E-state index is 0. The quantitative estimate of drug-likeness (QED) is 0.385. The monoisotopic (exact) mass is 96.1 g/mol. The van der Waals surface area contributed by atoms with Gasteiger partial charge in [0.05, 0.1) is 0 Å². The van der Waals surface area contributed by atoms with Crippen LogP contribution in [0.3, 0.4) is 0 Å². The summed E-state index contributed by atoms with van der Waals surface area (Å²) in [5.41, 5.74) is 4.72. The Labute approximate surface area is 55.0 Å². The number of urea groups is 1. The second kappa shape index (κ2) is 4.04. The third-order valence-corrected chi connectivity index (χ3v) is 0.441. The molecule has 0 rings (SSSR count). The van der Waals surface area contributed by atoms with E-state index in [0.29, 0.717) is 0 Å². The molecule has 0 aliphatic rings. The van der Waals surface area contributed by atoms with Crippen LogP contribution in [-0.2, 0) is 0 Å². The van der Waals surface area contributed by atoms with Crippen LogP contribution in [0.1, 0.15) is 0 Å².